The molecule has 0 radical (unpaired) electrons. The van der Waals surface area contributed by atoms with Gasteiger partial charge in [-0.1, -0.05) is 19.1 Å². The Morgan fingerprint density at radius 3 is 2.37 bits per heavy atom. The average molecular weight is 283 g/mol. The lowest BCUT2D eigenvalue weighted by Gasteiger charge is -2.35. The molecule has 2 amide bonds. The number of hydrogen-bond acceptors (Lipinski definition) is 3. The van der Waals surface area contributed by atoms with Crippen LogP contribution < -0.4 is 5.73 Å². The van der Waals surface area contributed by atoms with Crippen LogP contribution in [0.5, 0.6) is 0 Å². The van der Waals surface area contributed by atoms with E-state index in [1.54, 1.807) is 9.80 Å². The van der Waals surface area contributed by atoms with E-state index in [0.29, 0.717) is 24.5 Å². The van der Waals surface area contributed by atoms with Crippen LogP contribution in [0, 0.1) is 5.41 Å². The SMILES string of the molecule is CCCN1CC(=O)N(CC2(CC(N)=S)CC2)CC1=O. The summed E-state index contributed by atoms with van der Waals surface area (Å²) in [5.74, 6) is 0.0924. The normalized spacial score (nSPS) is 21.7. The van der Waals surface area contributed by atoms with Gasteiger partial charge in [-0.25, -0.2) is 0 Å². The quantitative estimate of drug-likeness (QED) is 0.722. The van der Waals surface area contributed by atoms with Gasteiger partial charge in [0.25, 0.3) is 0 Å². The minimum absolute atomic E-state index is 0.0438. The highest BCUT2D eigenvalue weighted by Gasteiger charge is 2.46. The lowest BCUT2D eigenvalue weighted by Crippen LogP contribution is -2.55. The molecule has 1 heterocycles. The maximum Gasteiger partial charge on any atom is 0.242 e. The van der Waals surface area contributed by atoms with Gasteiger partial charge in [0, 0.05) is 19.5 Å². The molecule has 19 heavy (non-hydrogen) atoms. The van der Waals surface area contributed by atoms with Gasteiger partial charge >= 0.3 is 0 Å². The highest BCUT2D eigenvalue weighted by molar-refractivity contribution is 7.80. The van der Waals surface area contributed by atoms with Gasteiger partial charge in [-0.3, -0.25) is 9.59 Å². The molecule has 6 heteroatoms. The van der Waals surface area contributed by atoms with Crippen LogP contribution in [0.2, 0.25) is 0 Å². The summed E-state index contributed by atoms with van der Waals surface area (Å²) in [6.45, 7) is 3.71. The molecule has 5 nitrogen and oxygen atoms in total. The molecule has 0 aromatic rings. The number of rotatable bonds is 6. The molecule has 106 valence electrons. The largest absolute Gasteiger partial charge is 0.393 e. The Hall–Kier alpha value is -1.17. The maximum atomic E-state index is 12.1. The summed E-state index contributed by atoms with van der Waals surface area (Å²) in [6, 6.07) is 0. The van der Waals surface area contributed by atoms with Crippen molar-refractivity contribution in [2.75, 3.05) is 26.2 Å². The minimum atomic E-state index is 0.0438. The Morgan fingerprint density at radius 2 is 1.84 bits per heavy atom. The number of thiocarbonyl (C=S) groups is 1. The number of amides is 2. The number of carbonyl (C=O) groups excluding carboxylic acids is 2. The van der Waals surface area contributed by atoms with Crippen molar-refractivity contribution in [3.8, 4) is 0 Å². The number of piperazine rings is 1. The monoisotopic (exact) mass is 283 g/mol. The summed E-state index contributed by atoms with van der Waals surface area (Å²) in [5.41, 5.74) is 5.65. The van der Waals surface area contributed by atoms with Crippen molar-refractivity contribution in [1.29, 1.82) is 0 Å². The van der Waals surface area contributed by atoms with E-state index in [9.17, 15) is 9.59 Å². The lowest BCUT2D eigenvalue weighted by atomic mass is 10.0. The van der Waals surface area contributed by atoms with Crippen LogP contribution in [0.1, 0.15) is 32.6 Å². The third-order valence-electron chi connectivity index (χ3n) is 3.88. The summed E-state index contributed by atoms with van der Waals surface area (Å²) < 4.78 is 0. The highest BCUT2D eigenvalue weighted by atomic mass is 32.1. The van der Waals surface area contributed by atoms with E-state index in [1.807, 2.05) is 6.92 Å². The zero-order valence-corrected chi connectivity index (χ0v) is 12.2. The predicted molar refractivity (Wildman–Crippen MR) is 76.5 cm³/mol. The zero-order valence-electron chi connectivity index (χ0n) is 11.4. The molecule has 1 saturated carbocycles. The molecule has 2 N–H and O–H groups in total. The van der Waals surface area contributed by atoms with Crippen molar-refractivity contribution < 1.29 is 9.59 Å². The third-order valence-corrected chi connectivity index (χ3v) is 4.03. The summed E-state index contributed by atoms with van der Waals surface area (Å²) in [7, 11) is 0. The topological polar surface area (TPSA) is 66.6 Å². The molecule has 2 aliphatic rings. The van der Waals surface area contributed by atoms with Gasteiger partial charge in [0.15, 0.2) is 0 Å². The first kappa shape index (κ1) is 14.2. The number of hydrogen-bond donors (Lipinski definition) is 1. The van der Waals surface area contributed by atoms with Gasteiger partial charge in [0.1, 0.15) is 0 Å². The van der Waals surface area contributed by atoms with Crippen molar-refractivity contribution in [3.63, 3.8) is 0 Å². The van der Waals surface area contributed by atoms with Gasteiger partial charge in [-0.2, -0.15) is 0 Å². The van der Waals surface area contributed by atoms with E-state index in [0.717, 1.165) is 19.3 Å². The van der Waals surface area contributed by atoms with Gasteiger partial charge in [0.2, 0.25) is 11.8 Å². The predicted octanol–water partition coefficient (Wildman–Crippen LogP) is 0.524. The van der Waals surface area contributed by atoms with E-state index >= 15 is 0 Å². The molecule has 0 bridgehead atoms. The van der Waals surface area contributed by atoms with Crippen molar-refractivity contribution in [1.82, 2.24) is 9.80 Å². The van der Waals surface area contributed by atoms with Crippen molar-refractivity contribution in [3.05, 3.63) is 0 Å². The van der Waals surface area contributed by atoms with E-state index in [4.69, 9.17) is 18.0 Å². The first-order valence-electron chi connectivity index (χ1n) is 6.80. The minimum Gasteiger partial charge on any atom is -0.393 e. The smallest absolute Gasteiger partial charge is 0.242 e. The van der Waals surface area contributed by atoms with Gasteiger partial charge in [0.05, 0.1) is 18.1 Å². The maximum absolute atomic E-state index is 12.1. The molecular formula is C13H21N3O2S. The molecule has 1 saturated heterocycles. The average Bonchev–Trinajstić information content (AvgIpc) is 3.04. The zero-order chi connectivity index (χ0) is 14.0. The summed E-state index contributed by atoms with van der Waals surface area (Å²) in [5, 5.41) is 0. The van der Waals surface area contributed by atoms with Crippen LogP contribution in [-0.2, 0) is 9.59 Å². The number of nitrogens with two attached hydrogens (primary N) is 1. The molecule has 1 aliphatic heterocycles. The van der Waals surface area contributed by atoms with Crippen LogP contribution in [-0.4, -0.2) is 52.8 Å². The van der Waals surface area contributed by atoms with Gasteiger partial charge in [-0.05, 0) is 24.7 Å². The molecule has 0 spiro atoms. The summed E-state index contributed by atoms with van der Waals surface area (Å²) in [6.07, 6.45) is 3.64. The molecule has 0 aromatic carbocycles. The fraction of sp³-hybridized carbons (Fsp3) is 0.769. The van der Waals surface area contributed by atoms with Crippen LogP contribution in [0.4, 0.5) is 0 Å². The van der Waals surface area contributed by atoms with Crippen molar-refractivity contribution >= 4 is 29.0 Å². The fourth-order valence-electron chi connectivity index (χ4n) is 2.66. The van der Waals surface area contributed by atoms with Crippen LogP contribution in [0.25, 0.3) is 0 Å². The van der Waals surface area contributed by atoms with Gasteiger partial charge in [-0.15, -0.1) is 0 Å². The number of nitrogens with zero attached hydrogens (tertiary/aromatic N) is 2. The molecule has 2 fully saturated rings. The Kier molecular flexibility index (Phi) is 4.08. The second-order valence-electron chi connectivity index (χ2n) is 5.71. The molecule has 0 aromatic heterocycles. The first-order chi connectivity index (χ1) is 8.96. The van der Waals surface area contributed by atoms with E-state index in [1.165, 1.54) is 0 Å². The van der Waals surface area contributed by atoms with E-state index in [-0.39, 0.29) is 30.3 Å². The van der Waals surface area contributed by atoms with E-state index < -0.39 is 0 Å². The van der Waals surface area contributed by atoms with Crippen molar-refractivity contribution in [2.45, 2.75) is 32.6 Å². The molecule has 2 rings (SSSR count). The Bertz CT molecular complexity index is 407. The Morgan fingerprint density at radius 1 is 1.26 bits per heavy atom. The standard InChI is InChI=1S/C13H21N3O2S/c1-2-5-15-7-12(18)16(8-11(15)17)9-13(3-4-13)6-10(14)19/h2-9H2,1H3,(H2,14,19). The molecule has 1 aliphatic carbocycles. The fourth-order valence-corrected chi connectivity index (χ4v) is 2.97. The Labute approximate surface area is 119 Å². The van der Waals surface area contributed by atoms with Crippen LogP contribution >= 0.6 is 12.2 Å². The second-order valence-corrected chi connectivity index (χ2v) is 6.23. The van der Waals surface area contributed by atoms with E-state index in [2.05, 4.69) is 0 Å². The van der Waals surface area contributed by atoms with Crippen molar-refractivity contribution in [2.24, 2.45) is 11.1 Å². The second kappa shape index (κ2) is 5.45. The molecule has 0 unspecified atom stereocenters. The summed E-state index contributed by atoms with van der Waals surface area (Å²) in [4.78, 5) is 27.9. The first-order valence-corrected chi connectivity index (χ1v) is 7.20. The van der Waals surface area contributed by atoms with Gasteiger partial charge < -0.3 is 15.5 Å². The highest BCUT2D eigenvalue weighted by Crippen LogP contribution is 2.49. The lowest BCUT2D eigenvalue weighted by molar-refractivity contribution is -0.150. The number of carbonyl (C=O) groups is 2. The Balaban J connectivity index is 1.94. The third kappa shape index (κ3) is 3.43. The molecule has 0 atom stereocenters. The summed E-state index contributed by atoms with van der Waals surface area (Å²) >= 11 is 4.96. The molecular weight excluding hydrogens is 262 g/mol. The van der Waals surface area contributed by atoms with Crippen LogP contribution in [0.3, 0.4) is 0 Å². The van der Waals surface area contributed by atoms with Crippen LogP contribution in [0.15, 0.2) is 0 Å².